The molecule has 4 rings (SSSR count). The van der Waals surface area contributed by atoms with Gasteiger partial charge in [-0.3, -0.25) is 14.5 Å². The highest BCUT2D eigenvalue weighted by molar-refractivity contribution is 7.10. The minimum atomic E-state index is -0.424. The summed E-state index contributed by atoms with van der Waals surface area (Å²) in [5.74, 6) is 0.130. The van der Waals surface area contributed by atoms with E-state index < -0.39 is 6.10 Å². The second-order valence-corrected chi connectivity index (χ2v) is 8.51. The van der Waals surface area contributed by atoms with Crippen molar-refractivity contribution in [2.24, 2.45) is 0 Å². The molecular formula is C19H29N3O4S. The highest BCUT2D eigenvalue weighted by Crippen LogP contribution is 2.32. The minimum absolute atomic E-state index is 0.0945. The maximum absolute atomic E-state index is 13.0. The Balaban J connectivity index is 0.000000659. The summed E-state index contributed by atoms with van der Waals surface area (Å²) in [6.45, 7) is 4.92. The summed E-state index contributed by atoms with van der Waals surface area (Å²) >= 11 is 1.74. The zero-order chi connectivity index (χ0) is 19.4. The lowest BCUT2D eigenvalue weighted by atomic mass is 9.95. The predicted octanol–water partition coefficient (Wildman–Crippen LogP) is 0.760. The van der Waals surface area contributed by atoms with Crippen molar-refractivity contribution in [1.82, 2.24) is 14.7 Å². The van der Waals surface area contributed by atoms with Gasteiger partial charge in [0.1, 0.15) is 0 Å². The van der Waals surface area contributed by atoms with E-state index in [0.717, 1.165) is 44.6 Å². The van der Waals surface area contributed by atoms with Crippen LogP contribution in [0.1, 0.15) is 33.6 Å². The third-order valence-electron chi connectivity index (χ3n) is 5.84. The Morgan fingerprint density at radius 1 is 1.19 bits per heavy atom. The van der Waals surface area contributed by atoms with Gasteiger partial charge in [0.2, 0.25) is 0 Å². The van der Waals surface area contributed by atoms with Crippen molar-refractivity contribution >= 4 is 23.7 Å². The first-order valence-electron chi connectivity index (χ1n) is 9.62. The number of likely N-dealkylation sites (tertiary alicyclic amines) is 1. The maximum Gasteiger partial charge on any atom is 0.290 e. The molecule has 27 heavy (non-hydrogen) atoms. The lowest BCUT2D eigenvalue weighted by molar-refractivity contribution is -0.122. The number of β-amino-alcohol motifs (C(OH)–C–C–N with tert-alkyl or cyclic N) is 1. The van der Waals surface area contributed by atoms with Crippen molar-refractivity contribution in [2.45, 2.75) is 37.8 Å². The second kappa shape index (κ2) is 9.14. The van der Waals surface area contributed by atoms with Crippen LogP contribution >= 0.6 is 11.3 Å². The maximum atomic E-state index is 13.0. The van der Waals surface area contributed by atoms with Gasteiger partial charge in [0.25, 0.3) is 12.4 Å². The monoisotopic (exact) mass is 395 g/mol. The fourth-order valence-electron chi connectivity index (χ4n) is 4.29. The number of aliphatic hydroxyl groups is 1. The zero-order valence-corrected chi connectivity index (χ0v) is 16.7. The van der Waals surface area contributed by atoms with Crippen molar-refractivity contribution in [3.05, 3.63) is 21.4 Å². The Labute approximate surface area is 164 Å². The van der Waals surface area contributed by atoms with Crippen molar-refractivity contribution in [3.63, 3.8) is 0 Å². The number of amides is 1. The predicted molar refractivity (Wildman–Crippen MR) is 104 cm³/mol. The number of fused-ring (bicyclic) bond motifs is 1. The summed E-state index contributed by atoms with van der Waals surface area (Å²) in [7, 11) is 2.14. The molecule has 3 aliphatic rings. The van der Waals surface area contributed by atoms with Gasteiger partial charge >= 0.3 is 0 Å². The number of likely N-dealkylation sites (N-methyl/N-ethyl adjacent to an activating group) is 1. The zero-order valence-electron chi connectivity index (χ0n) is 15.8. The van der Waals surface area contributed by atoms with Crippen LogP contribution in [0.2, 0.25) is 0 Å². The van der Waals surface area contributed by atoms with Crippen LogP contribution in [0.25, 0.3) is 0 Å². The summed E-state index contributed by atoms with van der Waals surface area (Å²) in [5, 5.41) is 19.5. The fourth-order valence-corrected chi connectivity index (χ4v) is 5.41. The van der Waals surface area contributed by atoms with Crippen molar-refractivity contribution < 1.29 is 19.8 Å². The van der Waals surface area contributed by atoms with Crippen LogP contribution in [0.15, 0.2) is 5.38 Å². The highest BCUT2D eigenvalue weighted by Gasteiger charge is 2.39. The van der Waals surface area contributed by atoms with Gasteiger partial charge in [0, 0.05) is 49.5 Å². The van der Waals surface area contributed by atoms with E-state index in [0.29, 0.717) is 13.1 Å². The number of hydrogen-bond donors (Lipinski definition) is 2. The SMILES string of the molecule is CN1CCN([C@@H]2CN(C(=O)c3csc4c3CCCC4)C[C@H]2O)CC1.O=CO. The summed E-state index contributed by atoms with van der Waals surface area (Å²) in [6.07, 6.45) is 4.18. The van der Waals surface area contributed by atoms with E-state index in [1.165, 1.54) is 23.3 Å². The van der Waals surface area contributed by atoms with Crippen LogP contribution in [0.3, 0.4) is 0 Å². The van der Waals surface area contributed by atoms with Crippen LogP contribution in [-0.2, 0) is 17.6 Å². The van der Waals surface area contributed by atoms with Crippen molar-refractivity contribution in [3.8, 4) is 0 Å². The van der Waals surface area contributed by atoms with Gasteiger partial charge in [-0.1, -0.05) is 0 Å². The molecule has 0 aromatic carbocycles. The van der Waals surface area contributed by atoms with Gasteiger partial charge in [0.05, 0.1) is 17.7 Å². The Morgan fingerprint density at radius 3 is 2.56 bits per heavy atom. The third kappa shape index (κ3) is 4.51. The molecule has 3 heterocycles. The average Bonchev–Trinajstić information content (AvgIpc) is 3.26. The number of thiophene rings is 1. The van der Waals surface area contributed by atoms with Crippen LogP contribution in [-0.4, -0.2) is 95.8 Å². The molecule has 2 N–H and O–H groups in total. The second-order valence-electron chi connectivity index (χ2n) is 7.55. The van der Waals surface area contributed by atoms with Gasteiger partial charge < -0.3 is 20.0 Å². The number of carbonyl (C=O) groups is 2. The third-order valence-corrected chi connectivity index (χ3v) is 6.93. The Bertz CT molecular complexity index is 657. The lowest BCUT2D eigenvalue weighted by Gasteiger charge is -2.37. The number of carbonyl (C=O) groups excluding carboxylic acids is 1. The van der Waals surface area contributed by atoms with Crippen LogP contribution in [0, 0.1) is 0 Å². The number of aliphatic hydroxyl groups excluding tert-OH is 1. The van der Waals surface area contributed by atoms with Gasteiger partial charge in [-0.25, -0.2) is 0 Å². The number of rotatable bonds is 2. The molecule has 1 amide bonds. The van der Waals surface area contributed by atoms with Crippen molar-refractivity contribution in [2.75, 3.05) is 46.3 Å². The van der Waals surface area contributed by atoms with E-state index in [9.17, 15) is 9.90 Å². The summed E-state index contributed by atoms with van der Waals surface area (Å²) in [4.78, 5) is 29.3. The molecule has 150 valence electrons. The van der Waals surface area contributed by atoms with E-state index in [4.69, 9.17) is 9.90 Å². The number of aryl methyl sites for hydroxylation is 1. The standard InChI is InChI=1S/C18H27N3O2S.CH2O2/c1-19-6-8-20(9-7-19)15-10-21(11-16(15)22)18(23)14-12-24-17-5-3-2-4-13(14)17;2-1-3/h12,15-16,22H,2-11H2,1H3;1H,(H,2,3)/t15-,16-;/m1./s1. The summed E-state index contributed by atoms with van der Waals surface area (Å²) in [6, 6.07) is 0.0945. The molecule has 8 heteroatoms. The molecule has 1 aromatic heterocycles. The molecule has 1 aromatic rings. The smallest absolute Gasteiger partial charge is 0.290 e. The molecule has 7 nitrogen and oxygen atoms in total. The molecule has 2 saturated heterocycles. The molecule has 1 aliphatic carbocycles. The van der Waals surface area contributed by atoms with E-state index in [1.54, 1.807) is 11.3 Å². The Hall–Kier alpha value is -1.48. The molecule has 0 spiro atoms. The van der Waals surface area contributed by atoms with E-state index in [2.05, 4.69) is 16.8 Å². The summed E-state index contributed by atoms with van der Waals surface area (Å²) < 4.78 is 0. The number of piperazine rings is 1. The van der Waals surface area contributed by atoms with E-state index in [-0.39, 0.29) is 18.4 Å². The van der Waals surface area contributed by atoms with Crippen LogP contribution < -0.4 is 0 Å². The first-order valence-corrected chi connectivity index (χ1v) is 10.5. The largest absolute Gasteiger partial charge is 0.483 e. The van der Waals surface area contributed by atoms with Crippen molar-refractivity contribution in [1.29, 1.82) is 0 Å². The number of carboxylic acid groups (broad SMARTS) is 1. The van der Waals surface area contributed by atoms with Gasteiger partial charge in [-0.05, 0) is 38.3 Å². The first kappa shape index (κ1) is 20.3. The molecule has 0 unspecified atom stereocenters. The molecule has 2 fully saturated rings. The molecule has 2 atom stereocenters. The molecule has 0 saturated carbocycles. The van der Waals surface area contributed by atoms with E-state index in [1.807, 2.05) is 10.3 Å². The number of hydrogen-bond acceptors (Lipinski definition) is 6. The van der Waals surface area contributed by atoms with E-state index >= 15 is 0 Å². The average molecular weight is 396 g/mol. The van der Waals surface area contributed by atoms with Crippen LogP contribution in [0.4, 0.5) is 0 Å². The Morgan fingerprint density at radius 2 is 1.85 bits per heavy atom. The quantitative estimate of drug-likeness (QED) is 0.720. The molecule has 2 aliphatic heterocycles. The number of nitrogens with zero attached hydrogens (tertiary/aromatic N) is 3. The first-order chi connectivity index (χ1) is 13.0. The molecular weight excluding hydrogens is 366 g/mol. The minimum Gasteiger partial charge on any atom is -0.483 e. The van der Waals surface area contributed by atoms with Gasteiger partial charge in [0.15, 0.2) is 0 Å². The Kier molecular flexibility index (Phi) is 6.86. The topological polar surface area (TPSA) is 84.3 Å². The van der Waals surface area contributed by atoms with Gasteiger partial charge in [-0.2, -0.15) is 0 Å². The highest BCUT2D eigenvalue weighted by atomic mass is 32.1. The molecule has 0 bridgehead atoms. The normalized spacial score (nSPS) is 26.2. The molecule has 0 radical (unpaired) electrons. The van der Waals surface area contributed by atoms with Crippen LogP contribution in [0.5, 0.6) is 0 Å². The summed E-state index contributed by atoms with van der Waals surface area (Å²) in [5.41, 5.74) is 2.19. The fraction of sp³-hybridized carbons (Fsp3) is 0.684. The lowest BCUT2D eigenvalue weighted by Crippen LogP contribution is -2.52. The van der Waals surface area contributed by atoms with Gasteiger partial charge in [-0.15, -0.1) is 11.3 Å².